The Kier molecular flexibility index (Phi) is 3.54. The first-order valence-corrected chi connectivity index (χ1v) is 6.34. The van der Waals surface area contributed by atoms with Crippen molar-refractivity contribution in [3.63, 3.8) is 0 Å². The number of urea groups is 1. The molecular weight excluding hydrogens is 220 g/mol. The Morgan fingerprint density at radius 2 is 1.88 bits per heavy atom. The van der Waals surface area contributed by atoms with Gasteiger partial charge in [0.25, 0.3) is 0 Å². The van der Waals surface area contributed by atoms with Gasteiger partial charge in [-0.2, -0.15) is 0 Å². The highest BCUT2D eigenvalue weighted by atomic mass is 16.4. The Balaban J connectivity index is 1.89. The Hall–Kier alpha value is -1.26. The molecule has 0 radical (unpaired) electrons. The van der Waals surface area contributed by atoms with Crippen LogP contribution in [-0.2, 0) is 4.79 Å². The lowest BCUT2D eigenvalue weighted by atomic mass is 10.1. The second-order valence-corrected chi connectivity index (χ2v) is 5.10. The van der Waals surface area contributed by atoms with Crippen molar-refractivity contribution < 1.29 is 14.7 Å². The second-order valence-electron chi connectivity index (χ2n) is 5.10. The molecule has 0 spiro atoms. The first-order valence-electron chi connectivity index (χ1n) is 6.34. The zero-order chi connectivity index (χ0) is 12.4. The minimum Gasteiger partial charge on any atom is -0.481 e. The predicted octanol–water partition coefficient (Wildman–Crippen LogP) is 1.39. The van der Waals surface area contributed by atoms with Crippen molar-refractivity contribution in [3.05, 3.63) is 0 Å². The van der Waals surface area contributed by atoms with Gasteiger partial charge in [-0.1, -0.05) is 12.8 Å². The van der Waals surface area contributed by atoms with E-state index in [4.69, 9.17) is 5.11 Å². The van der Waals surface area contributed by atoms with Crippen LogP contribution in [0.5, 0.6) is 0 Å². The fourth-order valence-electron chi connectivity index (χ4n) is 2.81. The minimum atomic E-state index is -0.788. The average molecular weight is 240 g/mol. The summed E-state index contributed by atoms with van der Waals surface area (Å²) in [4.78, 5) is 26.5. The van der Waals surface area contributed by atoms with E-state index in [1.807, 2.05) is 7.05 Å². The monoisotopic (exact) mass is 240 g/mol. The van der Waals surface area contributed by atoms with Crippen LogP contribution in [0.25, 0.3) is 0 Å². The Morgan fingerprint density at radius 3 is 2.41 bits per heavy atom. The van der Waals surface area contributed by atoms with Crippen LogP contribution in [0.2, 0.25) is 0 Å². The number of nitrogens with zero attached hydrogens (tertiary/aromatic N) is 2. The van der Waals surface area contributed by atoms with Crippen molar-refractivity contribution in [1.29, 1.82) is 0 Å². The molecule has 1 unspecified atom stereocenters. The Labute approximate surface area is 101 Å². The Bertz CT molecular complexity index is 313. The molecule has 1 N–H and O–H groups in total. The summed E-state index contributed by atoms with van der Waals surface area (Å²) in [7, 11) is 1.84. The third-order valence-electron chi connectivity index (χ3n) is 3.98. The molecule has 2 aliphatic rings. The van der Waals surface area contributed by atoms with Crippen molar-refractivity contribution >= 4 is 12.0 Å². The van der Waals surface area contributed by atoms with Gasteiger partial charge >= 0.3 is 12.0 Å². The summed E-state index contributed by atoms with van der Waals surface area (Å²) in [5.74, 6) is -1.17. The summed E-state index contributed by atoms with van der Waals surface area (Å²) in [6.07, 6.45) is 5.14. The van der Waals surface area contributed by atoms with E-state index in [2.05, 4.69) is 0 Å². The standard InChI is InChI=1S/C12H20N2O3/c1-13(10-4-2-3-5-10)12(17)14-7-6-9(8-14)11(15)16/h9-10H,2-8H2,1H3,(H,15,16). The van der Waals surface area contributed by atoms with Gasteiger partial charge in [-0.15, -0.1) is 0 Å². The topological polar surface area (TPSA) is 60.9 Å². The SMILES string of the molecule is CN(C(=O)N1CCC(C(=O)O)C1)C1CCCC1. The van der Waals surface area contributed by atoms with E-state index >= 15 is 0 Å². The summed E-state index contributed by atoms with van der Waals surface area (Å²) in [5, 5.41) is 8.91. The van der Waals surface area contributed by atoms with E-state index in [9.17, 15) is 9.59 Å². The molecule has 0 aromatic rings. The highest BCUT2D eigenvalue weighted by Gasteiger charge is 2.34. The van der Waals surface area contributed by atoms with Crippen LogP contribution in [0.3, 0.4) is 0 Å². The zero-order valence-corrected chi connectivity index (χ0v) is 10.3. The number of carboxylic acid groups (broad SMARTS) is 1. The number of hydrogen-bond donors (Lipinski definition) is 1. The normalized spacial score (nSPS) is 25.2. The van der Waals surface area contributed by atoms with Crippen molar-refractivity contribution in [2.75, 3.05) is 20.1 Å². The molecule has 0 aromatic carbocycles. The number of carbonyl (C=O) groups excluding carboxylic acids is 1. The third kappa shape index (κ3) is 2.53. The molecule has 2 rings (SSSR count). The molecule has 2 amide bonds. The zero-order valence-electron chi connectivity index (χ0n) is 10.3. The van der Waals surface area contributed by atoms with Crippen LogP contribution in [0.4, 0.5) is 4.79 Å². The molecule has 0 aromatic heterocycles. The highest BCUT2D eigenvalue weighted by Crippen LogP contribution is 2.25. The van der Waals surface area contributed by atoms with Crippen molar-refractivity contribution in [1.82, 2.24) is 9.80 Å². The summed E-state index contributed by atoms with van der Waals surface area (Å²) < 4.78 is 0. The fraction of sp³-hybridized carbons (Fsp3) is 0.833. The maximum Gasteiger partial charge on any atom is 0.320 e. The molecule has 1 aliphatic heterocycles. The van der Waals surface area contributed by atoms with Gasteiger partial charge in [-0.3, -0.25) is 4.79 Å². The largest absolute Gasteiger partial charge is 0.481 e. The van der Waals surface area contributed by atoms with E-state index in [1.54, 1.807) is 9.80 Å². The number of likely N-dealkylation sites (tertiary alicyclic amines) is 1. The average Bonchev–Trinajstić information content (AvgIpc) is 2.97. The van der Waals surface area contributed by atoms with Crippen LogP contribution >= 0.6 is 0 Å². The van der Waals surface area contributed by atoms with E-state index < -0.39 is 5.97 Å². The molecule has 1 heterocycles. The summed E-state index contributed by atoms with van der Waals surface area (Å²) in [6, 6.07) is 0.354. The molecule has 5 heteroatoms. The molecule has 1 aliphatic carbocycles. The minimum absolute atomic E-state index is 0.000602. The van der Waals surface area contributed by atoms with Crippen LogP contribution in [0.1, 0.15) is 32.1 Å². The van der Waals surface area contributed by atoms with Crippen molar-refractivity contribution in [2.24, 2.45) is 5.92 Å². The lowest BCUT2D eigenvalue weighted by Gasteiger charge is -2.29. The summed E-state index contributed by atoms with van der Waals surface area (Å²) >= 11 is 0. The predicted molar refractivity (Wildman–Crippen MR) is 62.7 cm³/mol. The van der Waals surface area contributed by atoms with Crippen LogP contribution in [0, 0.1) is 5.92 Å². The molecule has 2 fully saturated rings. The van der Waals surface area contributed by atoms with Gasteiger partial charge < -0.3 is 14.9 Å². The van der Waals surface area contributed by atoms with Crippen molar-refractivity contribution in [3.8, 4) is 0 Å². The fourth-order valence-corrected chi connectivity index (χ4v) is 2.81. The van der Waals surface area contributed by atoms with Gasteiger partial charge in [0.15, 0.2) is 0 Å². The summed E-state index contributed by atoms with van der Waals surface area (Å²) in [6.45, 7) is 0.943. The first kappa shape index (κ1) is 12.2. The molecule has 1 atom stereocenters. The van der Waals surface area contributed by atoms with Crippen LogP contribution < -0.4 is 0 Å². The van der Waals surface area contributed by atoms with Crippen LogP contribution in [0.15, 0.2) is 0 Å². The quantitative estimate of drug-likeness (QED) is 0.793. The molecule has 1 saturated heterocycles. The number of amides is 2. The smallest absolute Gasteiger partial charge is 0.320 e. The van der Waals surface area contributed by atoms with Gasteiger partial charge in [0.2, 0.25) is 0 Å². The maximum absolute atomic E-state index is 12.2. The number of carbonyl (C=O) groups is 2. The lowest BCUT2D eigenvalue weighted by molar-refractivity contribution is -0.141. The van der Waals surface area contributed by atoms with E-state index in [-0.39, 0.29) is 11.9 Å². The second kappa shape index (κ2) is 4.94. The van der Waals surface area contributed by atoms with E-state index in [0.29, 0.717) is 25.6 Å². The first-order chi connectivity index (χ1) is 8.09. The molecule has 5 nitrogen and oxygen atoms in total. The third-order valence-corrected chi connectivity index (χ3v) is 3.98. The molecule has 1 saturated carbocycles. The highest BCUT2D eigenvalue weighted by molar-refractivity contribution is 5.77. The van der Waals surface area contributed by atoms with Gasteiger partial charge in [0.1, 0.15) is 0 Å². The van der Waals surface area contributed by atoms with Gasteiger partial charge in [0, 0.05) is 26.2 Å². The molecule has 0 bridgehead atoms. The molecular formula is C12H20N2O3. The number of hydrogen-bond acceptors (Lipinski definition) is 2. The number of carboxylic acids is 1. The van der Waals surface area contributed by atoms with Crippen LogP contribution in [-0.4, -0.2) is 53.1 Å². The van der Waals surface area contributed by atoms with E-state index in [1.165, 1.54) is 12.8 Å². The van der Waals surface area contributed by atoms with Gasteiger partial charge in [-0.05, 0) is 19.3 Å². The Morgan fingerprint density at radius 1 is 1.24 bits per heavy atom. The lowest BCUT2D eigenvalue weighted by Crippen LogP contribution is -2.44. The number of rotatable bonds is 2. The molecule has 96 valence electrons. The van der Waals surface area contributed by atoms with Gasteiger partial charge in [-0.25, -0.2) is 4.79 Å². The molecule has 17 heavy (non-hydrogen) atoms. The van der Waals surface area contributed by atoms with Gasteiger partial charge in [0.05, 0.1) is 5.92 Å². The number of aliphatic carboxylic acids is 1. The van der Waals surface area contributed by atoms with E-state index in [0.717, 1.165) is 12.8 Å². The van der Waals surface area contributed by atoms with Crippen molar-refractivity contribution in [2.45, 2.75) is 38.1 Å². The summed E-state index contributed by atoms with van der Waals surface area (Å²) in [5.41, 5.74) is 0. The maximum atomic E-state index is 12.2.